The van der Waals surface area contributed by atoms with Crippen LogP contribution in [0.15, 0.2) is 14.6 Å². The molecule has 105 valence electrons. The largest absolute Gasteiger partial charge is 2.00 e. The summed E-state index contributed by atoms with van der Waals surface area (Å²) < 4.78 is 0. The summed E-state index contributed by atoms with van der Waals surface area (Å²) >= 11 is 6.94. The smallest absolute Gasteiger partial charge is 1.00 e. The van der Waals surface area contributed by atoms with E-state index in [0.29, 0.717) is 39.4 Å². The second-order valence-corrected chi connectivity index (χ2v) is 59.1. The van der Waals surface area contributed by atoms with Gasteiger partial charge in [0.2, 0.25) is 0 Å². The molecular weight excluding hydrogens is 1130 g/mol. The van der Waals surface area contributed by atoms with Gasteiger partial charge in [0.05, 0.1) is 0 Å². The molecule has 3 aliphatic rings. The van der Waals surface area contributed by atoms with Crippen LogP contribution in [-0.2, 0) is 78.6 Å². The van der Waals surface area contributed by atoms with Crippen molar-refractivity contribution in [1.29, 1.82) is 0 Å². The molecule has 0 aromatic carbocycles. The minimum absolute atomic E-state index is 0. The van der Waals surface area contributed by atoms with E-state index in [1.54, 1.807) is 0 Å². The molecule has 0 fully saturated rings. The van der Waals surface area contributed by atoms with Crippen LogP contribution in [0.2, 0.25) is 0 Å². The van der Waals surface area contributed by atoms with Crippen molar-refractivity contribution < 1.29 is 116 Å². The predicted molar refractivity (Wildman–Crippen MR) is 75.2 cm³/mol. The minimum Gasteiger partial charge on any atom is -1.00 e. The Morgan fingerprint density at radius 1 is 0.476 bits per heavy atom. The van der Waals surface area contributed by atoms with Gasteiger partial charge in [0.1, 0.15) is 0 Å². The van der Waals surface area contributed by atoms with E-state index in [-0.39, 0.29) is 116 Å². The average molecular weight is 1130 g/mol. The van der Waals surface area contributed by atoms with Crippen LogP contribution in [0.3, 0.4) is 0 Å². The van der Waals surface area contributed by atoms with Gasteiger partial charge in [-0.15, -0.1) is 0 Å². The molecule has 0 N–H and O–H groups in total. The van der Waals surface area contributed by atoms with Crippen molar-refractivity contribution in [1.82, 2.24) is 0 Å². The topological polar surface area (TPSA) is 0 Å². The molecule has 15 heteroatoms. The summed E-state index contributed by atoms with van der Waals surface area (Å²) in [6.45, 7) is 0. The maximum Gasteiger partial charge on any atom is 2.00 e. The van der Waals surface area contributed by atoms with Crippen LogP contribution in [-0.4, -0.2) is 114 Å². The predicted octanol–water partition coefficient (Wildman–Crippen LogP) is -11.3. The summed E-state index contributed by atoms with van der Waals surface area (Å²) in [7, 11) is 0. The summed E-state index contributed by atoms with van der Waals surface area (Å²) in [4.78, 5) is 16.7. The number of rotatable bonds is 0. The third kappa shape index (κ3) is 35.6. The minimum atomic E-state index is 0. The van der Waals surface area contributed by atoms with E-state index in [4.69, 9.17) is 0 Å². The molecule has 3 heterocycles. The molecule has 21 heavy (non-hydrogen) atoms. The molecule has 0 aromatic heterocycles. The first-order chi connectivity index (χ1) is 7.50. The van der Waals surface area contributed by atoms with Gasteiger partial charge in [0.25, 0.3) is 0 Å². The van der Waals surface area contributed by atoms with Crippen molar-refractivity contribution in [2.45, 2.75) is 0 Å². The molecule has 3 rings (SSSR count). The van der Waals surface area contributed by atoms with Gasteiger partial charge >= 0.3 is 221 Å². The molecule has 0 bridgehead atoms. The fraction of sp³-hybridized carbons (Fsp3) is 0. The summed E-state index contributed by atoms with van der Waals surface area (Å²) in [6, 6.07) is 0. The molecule has 0 atom stereocenters. The van der Waals surface area contributed by atoms with Gasteiger partial charge in [-0.05, 0) is 0 Å². The SMILES string of the molecule is [C-]1=C[As][As]=[As]1.[C-]1=C[As][As]=[As]1.[C-]1=C[As][As]=[As]1.[Cl-].[Cl-].[Cl-].[Zr+2].[Zr+2].[Zr+2]. The number of hydrogen-bond donors (Lipinski definition) is 0. The molecule has 0 aromatic rings. The fourth-order valence-corrected chi connectivity index (χ4v) is 54.3. The average Bonchev–Trinajstić information content (AvgIpc) is 3.09. The van der Waals surface area contributed by atoms with Crippen molar-refractivity contribution in [3.05, 3.63) is 29.2 Å². The summed E-state index contributed by atoms with van der Waals surface area (Å²) in [6.07, 6.45) is 0. The zero-order valence-electron chi connectivity index (χ0n) is 9.89. The Hall–Kier alpha value is 7.77. The van der Waals surface area contributed by atoms with E-state index in [1.165, 1.54) is 0 Å². The summed E-state index contributed by atoms with van der Waals surface area (Å²) in [5, 5.41) is 0. The van der Waals surface area contributed by atoms with Crippen LogP contribution in [0, 0.1) is 14.6 Å². The Balaban J connectivity index is -0.0000000352. The first kappa shape index (κ1) is 42.8. The van der Waals surface area contributed by atoms with E-state index in [9.17, 15) is 0 Å². The molecule has 3 aliphatic heterocycles. The Labute approximate surface area is 251 Å². The molecule has 3 radical (unpaired) electrons. The van der Waals surface area contributed by atoms with Gasteiger partial charge in [-0.25, -0.2) is 0 Å². The summed E-state index contributed by atoms with van der Waals surface area (Å²) in [5.41, 5.74) is 0. The Morgan fingerprint density at radius 3 is 0.762 bits per heavy atom. The van der Waals surface area contributed by atoms with Crippen molar-refractivity contribution in [3.8, 4) is 0 Å². The van der Waals surface area contributed by atoms with Crippen LogP contribution in [0.5, 0.6) is 0 Å². The molecule has 0 aliphatic carbocycles. The maximum absolute atomic E-state index is 3.27. The van der Waals surface area contributed by atoms with Crippen LogP contribution in [0.25, 0.3) is 0 Å². The van der Waals surface area contributed by atoms with Crippen molar-refractivity contribution in [2.75, 3.05) is 0 Å². The first-order valence-electron chi connectivity index (χ1n) is 3.51. The first-order valence-corrected chi connectivity index (χ1v) is 40.8. The zero-order chi connectivity index (χ0) is 10.6. The van der Waals surface area contributed by atoms with Gasteiger partial charge < -0.3 is 37.2 Å². The number of halogens is 3. The van der Waals surface area contributed by atoms with Crippen molar-refractivity contribution >= 4 is 114 Å². The molecular formula is C6H3As9Cl3Zr3. The van der Waals surface area contributed by atoms with Gasteiger partial charge in [0, 0.05) is 0 Å². The second-order valence-electron chi connectivity index (χ2n) is 1.69. The molecule has 0 spiro atoms. The fourth-order valence-electron chi connectivity index (χ4n) is 0.387. The van der Waals surface area contributed by atoms with Crippen molar-refractivity contribution in [2.24, 2.45) is 0 Å². The zero-order valence-corrected chi connectivity index (χ0v) is 36.4. The van der Waals surface area contributed by atoms with Gasteiger partial charge in [-0.2, -0.15) is 0 Å². The molecule has 0 nitrogen and oxygen atoms in total. The number of hydrogen-bond acceptors (Lipinski definition) is 0. The Kier molecular flexibility index (Phi) is 78.2. The monoisotopic (exact) mass is 1120 g/mol. The van der Waals surface area contributed by atoms with E-state index >= 15 is 0 Å². The Bertz CT molecular complexity index is 265. The van der Waals surface area contributed by atoms with Gasteiger partial charge in [0.15, 0.2) is 0 Å². The molecule has 0 amide bonds. The van der Waals surface area contributed by atoms with E-state index in [1.807, 2.05) is 0 Å². The van der Waals surface area contributed by atoms with Crippen LogP contribution in [0.4, 0.5) is 0 Å². The molecule has 0 saturated carbocycles. The Morgan fingerprint density at radius 2 is 0.714 bits per heavy atom. The van der Waals surface area contributed by atoms with Crippen LogP contribution >= 0.6 is 0 Å². The van der Waals surface area contributed by atoms with E-state index in [2.05, 4.69) is 29.2 Å². The van der Waals surface area contributed by atoms with Crippen LogP contribution < -0.4 is 37.2 Å². The van der Waals surface area contributed by atoms with Gasteiger partial charge in [-0.3, -0.25) is 0 Å². The summed E-state index contributed by atoms with van der Waals surface area (Å²) in [5.74, 6) is 0. The van der Waals surface area contributed by atoms with Crippen molar-refractivity contribution in [3.63, 3.8) is 0 Å². The van der Waals surface area contributed by atoms with Crippen LogP contribution in [0.1, 0.15) is 0 Å². The second kappa shape index (κ2) is 38.4. The molecule has 0 saturated heterocycles. The third-order valence-electron chi connectivity index (χ3n) is 0.809. The standard InChI is InChI=1S/3C2HAs3.3ClH.3Zr/c3*1-2-4-5-3-1;;;;;;/h3*1H;3*1H;;;/q3*-1;;;;3*+2/p-3. The third-order valence-corrected chi connectivity index (χ3v) is 54.6. The maximum atomic E-state index is 3.27. The quantitative estimate of drug-likeness (QED) is 0.168. The van der Waals surface area contributed by atoms with E-state index in [0.717, 1.165) is 74.3 Å². The molecule has 0 unspecified atom stereocenters. The normalized spacial score (nSPS) is 20.6. The van der Waals surface area contributed by atoms with E-state index < -0.39 is 0 Å². The van der Waals surface area contributed by atoms with Gasteiger partial charge in [-0.1, -0.05) is 0 Å².